The average molecular weight is 293 g/mol. The summed E-state index contributed by atoms with van der Waals surface area (Å²) in [7, 11) is 2.02. The Bertz CT molecular complexity index is 563. The lowest BCUT2D eigenvalue weighted by Gasteiger charge is -2.43. The minimum atomic E-state index is -1.08. The summed E-state index contributed by atoms with van der Waals surface area (Å²) in [6.45, 7) is 5.36. The van der Waals surface area contributed by atoms with Crippen molar-refractivity contribution in [1.82, 2.24) is 4.90 Å². The van der Waals surface area contributed by atoms with E-state index in [2.05, 4.69) is 18.7 Å². The number of nitro groups is 1. The second kappa shape index (κ2) is 5.69. The lowest BCUT2D eigenvalue weighted by molar-refractivity contribution is -0.384. The van der Waals surface area contributed by atoms with Crippen molar-refractivity contribution < 1.29 is 14.8 Å². The molecule has 1 heterocycles. The van der Waals surface area contributed by atoms with Crippen molar-refractivity contribution in [2.24, 2.45) is 0 Å². The third kappa shape index (κ3) is 2.97. The summed E-state index contributed by atoms with van der Waals surface area (Å²) in [5, 5.41) is 20.3. The Morgan fingerprint density at radius 1 is 1.33 bits per heavy atom. The first kappa shape index (κ1) is 15.2. The van der Waals surface area contributed by atoms with Gasteiger partial charge >= 0.3 is 5.97 Å². The van der Waals surface area contributed by atoms with Gasteiger partial charge in [0.15, 0.2) is 0 Å². The van der Waals surface area contributed by atoms with Gasteiger partial charge in [0, 0.05) is 31.2 Å². The molecule has 21 heavy (non-hydrogen) atoms. The summed E-state index contributed by atoms with van der Waals surface area (Å²) in [5.74, 6) is -1.08. The van der Waals surface area contributed by atoms with Crippen molar-refractivity contribution in [3.63, 3.8) is 0 Å². The summed E-state index contributed by atoms with van der Waals surface area (Å²) in [6.07, 6.45) is 0. The molecule has 7 heteroatoms. The standard InChI is InChI=1S/C14H19N3O4/c1-9-7-16(8-10(2)15(9)3)13-6-11(14(18)19)4-5-12(13)17(20)21/h4-6,9-10H,7-8H2,1-3H3,(H,18,19). The molecule has 1 N–H and O–H groups in total. The van der Waals surface area contributed by atoms with Gasteiger partial charge in [-0.1, -0.05) is 0 Å². The Morgan fingerprint density at radius 2 is 1.90 bits per heavy atom. The third-order valence-electron chi connectivity index (χ3n) is 4.12. The molecule has 1 saturated heterocycles. The molecule has 0 radical (unpaired) electrons. The number of carboxylic acid groups (broad SMARTS) is 1. The van der Waals surface area contributed by atoms with Gasteiger partial charge in [0.25, 0.3) is 5.69 Å². The van der Waals surface area contributed by atoms with Crippen LogP contribution in [0.15, 0.2) is 18.2 Å². The highest BCUT2D eigenvalue weighted by Gasteiger charge is 2.30. The van der Waals surface area contributed by atoms with Gasteiger partial charge in [-0.3, -0.25) is 15.0 Å². The lowest BCUT2D eigenvalue weighted by atomic mass is 10.1. The molecule has 0 aromatic heterocycles. The van der Waals surface area contributed by atoms with Crippen LogP contribution in [0.25, 0.3) is 0 Å². The fourth-order valence-electron chi connectivity index (χ4n) is 2.67. The summed E-state index contributed by atoms with van der Waals surface area (Å²) >= 11 is 0. The van der Waals surface area contributed by atoms with Crippen LogP contribution in [0.2, 0.25) is 0 Å². The smallest absolute Gasteiger partial charge is 0.335 e. The highest BCUT2D eigenvalue weighted by atomic mass is 16.6. The number of anilines is 1. The summed E-state index contributed by atoms with van der Waals surface area (Å²) < 4.78 is 0. The van der Waals surface area contributed by atoms with Gasteiger partial charge in [-0.2, -0.15) is 0 Å². The fraction of sp³-hybridized carbons (Fsp3) is 0.500. The van der Waals surface area contributed by atoms with Crippen molar-refractivity contribution in [2.45, 2.75) is 25.9 Å². The van der Waals surface area contributed by atoms with Gasteiger partial charge < -0.3 is 10.0 Å². The molecule has 0 saturated carbocycles. The number of nitro benzene ring substituents is 1. The van der Waals surface area contributed by atoms with Gasteiger partial charge in [-0.25, -0.2) is 4.79 Å². The molecule has 0 bridgehead atoms. The van der Waals surface area contributed by atoms with E-state index < -0.39 is 10.9 Å². The third-order valence-corrected chi connectivity index (χ3v) is 4.12. The number of nitrogens with zero attached hydrogens (tertiary/aromatic N) is 3. The summed E-state index contributed by atoms with van der Waals surface area (Å²) in [6, 6.07) is 4.41. The topological polar surface area (TPSA) is 86.9 Å². The molecule has 2 rings (SSSR count). The van der Waals surface area contributed by atoms with E-state index in [4.69, 9.17) is 5.11 Å². The normalized spacial score (nSPS) is 23.1. The number of hydrogen-bond donors (Lipinski definition) is 1. The lowest BCUT2D eigenvalue weighted by Crippen LogP contribution is -2.55. The number of carbonyl (C=O) groups is 1. The average Bonchev–Trinajstić information content (AvgIpc) is 2.43. The van der Waals surface area contributed by atoms with E-state index in [1.54, 1.807) is 0 Å². The SMILES string of the molecule is CC1CN(c2cc(C(=O)O)ccc2[N+](=O)[O-])CC(C)N1C. The van der Waals surface area contributed by atoms with Crippen molar-refractivity contribution >= 4 is 17.3 Å². The Kier molecular flexibility index (Phi) is 4.13. The molecule has 0 amide bonds. The Balaban J connectivity index is 2.43. The zero-order chi connectivity index (χ0) is 15.7. The first-order chi connectivity index (χ1) is 9.81. The molecule has 0 aliphatic carbocycles. The van der Waals surface area contributed by atoms with E-state index in [9.17, 15) is 14.9 Å². The molecule has 1 fully saturated rings. The molecular weight excluding hydrogens is 274 g/mol. The second-order valence-electron chi connectivity index (χ2n) is 5.53. The van der Waals surface area contributed by atoms with Crippen LogP contribution in [-0.4, -0.2) is 53.1 Å². The maximum absolute atomic E-state index is 11.2. The predicted molar refractivity (Wildman–Crippen MR) is 79.0 cm³/mol. The molecule has 7 nitrogen and oxygen atoms in total. The summed E-state index contributed by atoms with van der Waals surface area (Å²) in [5.41, 5.74) is 0.394. The van der Waals surface area contributed by atoms with Gasteiger partial charge in [-0.15, -0.1) is 0 Å². The first-order valence-corrected chi connectivity index (χ1v) is 6.80. The van der Waals surface area contributed by atoms with Crippen LogP contribution in [0.4, 0.5) is 11.4 Å². The van der Waals surface area contributed by atoms with Crippen LogP contribution in [0.3, 0.4) is 0 Å². The molecule has 0 spiro atoms. The predicted octanol–water partition coefficient (Wildman–Crippen LogP) is 1.82. The highest BCUT2D eigenvalue weighted by molar-refractivity contribution is 5.90. The minimum absolute atomic E-state index is 0.0519. The molecule has 114 valence electrons. The van der Waals surface area contributed by atoms with Crippen LogP contribution in [0.1, 0.15) is 24.2 Å². The minimum Gasteiger partial charge on any atom is -0.478 e. The molecule has 1 aliphatic heterocycles. The maximum Gasteiger partial charge on any atom is 0.335 e. The zero-order valence-electron chi connectivity index (χ0n) is 12.3. The molecule has 2 atom stereocenters. The van der Waals surface area contributed by atoms with Crippen LogP contribution in [0.5, 0.6) is 0 Å². The highest BCUT2D eigenvalue weighted by Crippen LogP contribution is 2.31. The number of rotatable bonds is 3. The molecule has 2 unspecified atom stereocenters. The largest absolute Gasteiger partial charge is 0.478 e. The molecule has 1 aliphatic rings. The van der Waals surface area contributed by atoms with Gasteiger partial charge in [0.1, 0.15) is 5.69 Å². The number of carboxylic acids is 1. The first-order valence-electron chi connectivity index (χ1n) is 6.80. The van der Waals surface area contributed by atoms with Crippen molar-refractivity contribution in [3.05, 3.63) is 33.9 Å². The van der Waals surface area contributed by atoms with Crippen molar-refractivity contribution in [1.29, 1.82) is 0 Å². The second-order valence-corrected chi connectivity index (χ2v) is 5.53. The zero-order valence-corrected chi connectivity index (χ0v) is 12.3. The monoisotopic (exact) mass is 293 g/mol. The molecule has 1 aromatic carbocycles. The quantitative estimate of drug-likeness (QED) is 0.675. The Labute approximate surface area is 122 Å². The number of benzene rings is 1. The number of aromatic carboxylic acids is 1. The fourth-order valence-corrected chi connectivity index (χ4v) is 2.67. The van der Waals surface area contributed by atoms with Crippen LogP contribution in [-0.2, 0) is 0 Å². The van der Waals surface area contributed by atoms with Gasteiger partial charge in [-0.05, 0) is 33.0 Å². The number of piperazine rings is 1. The van der Waals surface area contributed by atoms with E-state index >= 15 is 0 Å². The van der Waals surface area contributed by atoms with E-state index in [0.29, 0.717) is 18.8 Å². The van der Waals surface area contributed by atoms with Gasteiger partial charge in [0.05, 0.1) is 10.5 Å². The number of hydrogen-bond acceptors (Lipinski definition) is 5. The molecular formula is C14H19N3O4. The van der Waals surface area contributed by atoms with Crippen LogP contribution < -0.4 is 4.90 Å². The number of likely N-dealkylation sites (N-methyl/N-ethyl adjacent to an activating group) is 1. The van der Waals surface area contributed by atoms with E-state index in [-0.39, 0.29) is 23.3 Å². The Morgan fingerprint density at radius 3 is 2.38 bits per heavy atom. The van der Waals surface area contributed by atoms with Gasteiger partial charge in [0.2, 0.25) is 0 Å². The Hall–Kier alpha value is -2.15. The van der Waals surface area contributed by atoms with Crippen molar-refractivity contribution in [3.8, 4) is 0 Å². The molecule has 1 aromatic rings. The van der Waals surface area contributed by atoms with E-state index in [1.807, 2.05) is 11.9 Å². The van der Waals surface area contributed by atoms with Crippen molar-refractivity contribution in [2.75, 3.05) is 25.0 Å². The van der Waals surface area contributed by atoms with E-state index in [1.165, 1.54) is 18.2 Å². The van der Waals surface area contributed by atoms with Crippen LogP contribution >= 0.6 is 0 Å². The van der Waals surface area contributed by atoms with Crippen LogP contribution in [0, 0.1) is 10.1 Å². The maximum atomic E-state index is 11.2. The van der Waals surface area contributed by atoms with E-state index in [0.717, 1.165) is 0 Å². The summed E-state index contributed by atoms with van der Waals surface area (Å²) in [4.78, 5) is 25.9.